The maximum absolute atomic E-state index is 2.98. The highest BCUT2D eigenvalue weighted by atomic mass is 28.1. The van der Waals surface area contributed by atoms with E-state index in [9.17, 15) is 0 Å². The Balaban J connectivity index is 3.26. The first-order valence-corrected chi connectivity index (χ1v) is 4.04. The van der Waals surface area contributed by atoms with Crippen LogP contribution in [-0.2, 0) is 0 Å². The fraction of sp³-hybridized carbons (Fsp3) is 0. The Morgan fingerprint density at radius 3 is 1.60 bits per heavy atom. The molecule has 0 saturated heterocycles. The Morgan fingerprint density at radius 1 is 1.20 bits per heavy atom. The minimum absolute atomic E-state index is 1.15. The second-order valence-corrected chi connectivity index (χ2v) is 1.90. The molecule has 2 heteroatoms. The zero-order valence-electron chi connectivity index (χ0n) is 3.65. The molecular weight excluding hydrogens is 92.2 g/mol. The van der Waals surface area contributed by atoms with Gasteiger partial charge >= 0.3 is 0 Å². The fourth-order valence-electron chi connectivity index (χ4n) is 0.167. The van der Waals surface area contributed by atoms with Crippen LogP contribution in [0, 0.1) is 0 Å². The molecule has 0 aliphatic rings. The monoisotopic (exact) mass is 100 g/mol. The zero-order chi connectivity index (χ0) is 4.12. The quantitative estimate of drug-likeness (QED) is 0.253. The van der Waals surface area contributed by atoms with Gasteiger partial charge in [0.25, 0.3) is 0 Å². The molecule has 0 aromatic rings. The minimum atomic E-state index is 1.15. The van der Waals surface area contributed by atoms with Gasteiger partial charge in [0.2, 0.25) is 0 Å². The molecule has 0 aromatic heterocycles. The summed E-state index contributed by atoms with van der Waals surface area (Å²) in [6.07, 6.45) is 0. The molecule has 0 amide bonds. The Kier molecular flexibility index (Phi) is 3.92. The highest BCUT2D eigenvalue weighted by molar-refractivity contribution is 6.19. The number of hydrogen-bond acceptors (Lipinski definition) is 0. The van der Waals surface area contributed by atoms with Gasteiger partial charge in [0.15, 0.2) is 0 Å². The van der Waals surface area contributed by atoms with Gasteiger partial charge in [0, 0.05) is 20.5 Å². The van der Waals surface area contributed by atoms with Crippen LogP contribution in [0.3, 0.4) is 0 Å². The lowest BCUT2D eigenvalue weighted by Crippen LogP contribution is -1.43. The highest BCUT2D eigenvalue weighted by Crippen LogP contribution is 1.46. The van der Waals surface area contributed by atoms with E-state index in [0.29, 0.717) is 0 Å². The van der Waals surface area contributed by atoms with Crippen LogP contribution in [0.4, 0.5) is 0 Å². The molecule has 0 atom stereocenters. The van der Waals surface area contributed by atoms with Crippen molar-refractivity contribution in [1.29, 1.82) is 0 Å². The van der Waals surface area contributed by atoms with Crippen molar-refractivity contribution in [3.63, 3.8) is 0 Å². The Bertz CT molecular complexity index is 53.3. The van der Waals surface area contributed by atoms with E-state index in [1.54, 1.807) is 0 Å². The van der Waals surface area contributed by atoms with Gasteiger partial charge in [-0.05, 0) is 0 Å². The van der Waals surface area contributed by atoms with E-state index in [1.807, 2.05) is 11.4 Å². The van der Waals surface area contributed by atoms with Crippen molar-refractivity contribution in [1.82, 2.24) is 0 Å². The maximum Gasteiger partial charge on any atom is 0.0390 e. The van der Waals surface area contributed by atoms with Crippen molar-refractivity contribution in [2.45, 2.75) is 0 Å². The molecule has 0 heterocycles. The molecule has 0 unspecified atom stereocenters. The molecule has 0 nitrogen and oxygen atoms in total. The van der Waals surface area contributed by atoms with Crippen LogP contribution in [0.2, 0.25) is 0 Å². The summed E-state index contributed by atoms with van der Waals surface area (Å²) in [4.78, 5) is 0. The van der Waals surface area contributed by atoms with Crippen LogP contribution in [0.5, 0.6) is 0 Å². The largest absolute Gasteiger partial charge is 0.140 e. The molecule has 0 radical (unpaired) electrons. The molecule has 0 saturated carbocycles. The molecule has 0 fully saturated rings. The van der Waals surface area contributed by atoms with Crippen molar-refractivity contribution in [2.24, 2.45) is 0 Å². The van der Waals surface area contributed by atoms with Gasteiger partial charge in [-0.25, -0.2) is 0 Å². The molecule has 0 N–H and O–H groups in total. The smallest absolute Gasteiger partial charge is 0.0390 e. The van der Waals surface area contributed by atoms with Crippen LogP contribution in [0.25, 0.3) is 0 Å². The molecule has 0 bridgehead atoms. The van der Waals surface area contributed by atoms with Gasteiger partial charge in [-0.1, -0.05) is 11.4 Å². The third-order valence-corrected chi connectivity index (χ3v) is 1.00. The number of hydrogen-bond donors (Lipinski definition) is 0. The predicted octanol–water partition coefficient (Wildman–Crippen LogP) is -1.66. The Morgan fingerprint density at radius 2 is 1.60 bits per heavy atom. The van der Waals surface area contributed by atoms with E-state index in [-0.39, 0.29) is 0 Å². The van der Waals surface area contributed by atoms with Gasteiger partial charge in [-0.3, -0.25) is 0 Å². The van der Waals surface area contributed by atoms with Crippen LogP contribution >= 0.6 is 0 Å². The predicted molar refractivity (Wildman–Crippen MR) is 32.5 cm³/mol. The number of rotatable bonds is 0. The van der Waals surface area contributed by atoms with Crippen LogP contribution in [-0.4, -0.2) is 20.5 Å². The molecule has 28 valence electrons. The highest BCUT2D eigenvalue weighted by Gasteiger charge is 1.36. The first-order valence-electron chi connectivity index (χ1n) is 1.73. The summed E-state index contributed by atoms with van der Waals surface area (Å²) in [5.41, 5.74) is 7.08. The standard InChI is InChI=1S/C3H8Si2/c4-2-1-3-5/h2-3H,4-5H3. The van der Waals surface area contributed by atoms with E-state index in [0.717, 1.165) is 20.5 Å². The van der Waals surface area contributed by atoms with E-state index in [4.69, 9.17) is 0 Å². The van der Waals surface area contributed by atoms with E-state index >= 15 is 0 Å². The van der Waals surface area contributed by atoms with E-state index in [1.165, 1.54) is 0 Å². The van der Waals surface area contributed by atoms with E-state index < -0.39 is 0 Å². The van der Waals surface area contributed by atoms with Crippen LogP contribution in [0.15, 0.2) is 17.1 Å². The lowest BCUT2D eigenvalue weighted by molar-refractivity contribution is 2.36. The van der Waals surface area contributed by atoms with Crippen molar-refractivity contribution in [3.05, 3.63) is 17.1 Å². The van der Waals surface area contributed by atoms with Crippen molar-refractivity contribution in [3.8, 4) is 0 Å². The van der Waals surface area contributed by atoms with Gasteiger partial charge < -0.3 is 0 Å². The first-order chi connectivity index (χ1) is 2.41. The summed E-state index contributed by atoms with van der Waals surface area (Å²) < 4.78 is 0. The molecule has 0 aliphatic heterocycles. The average Bonchev–Trinajstić information content (AvgIpc) is 1.41. The second-order valence-electron chi connectivity index (χ2n) is 0.744. The van der Waals surface area contributed by atoms with E-state index in [2.05, 4.69) is 5.73 Å². The van der Waals surface area contributed by atoms with Crippen molar-refractivity contribution >= 4 is 20.5 Å². The molecule has 0 spiro atoms. The van der Waals surface area contributed by atoms with Gasteiger partial charge in [0.1, 0.15) is 0 Å². The lowest BCUT2D eigenvalue weighted by atomic mass is 11.0. The summed E-state index contributed by atoms with van der Waals surface area (Å²) in [6, 6.07) is 0. The zero-order valence-corrected chi connectivity index (χ0v) is 7.65. The molecule has 0 aromatic carbocycles. The van der Waals surface area contributed by atoms with Crippen LogP contribution < -0.4 is 0 Å². The summed E-state index contributed by atoms with van der Waals surface area (Å²) in [5.74, 6) is 0. The second kappa shape index (κ2) is 3.95. The topological polar surface area (TPSA) is 0 Å². The Labute approximate surface area is 38.4 Å². The lowest BCUT2D eigenvalue weighted by Gasteiger charge is -1.47. The maximum atomic E-state index is 2.98. The normalized spacial score (nSPS) is 6.40. The third kappa shape index (κ3) is 3.95. The summed E-state index contributed by atoms with van der Waals surface area (Å²) in [5, 5.41) is 0. The average molecular weight is 100 g/mol. The third-order valence-electron chi connectivity index (χ3n) is 0.333. The fourth-order valence-corrected chi connectivity index (χ4v) is 1.50. The first kappa shape index (κ1) is 4.95. The minimum Gasteiger partial charge on any atom is -0.140 e. The molecule has 0 aliphatic carbocycles. The molecular formula is C3H8Si2. The van der Waals surface area contributed by atoms with Gasteiger partial charge in [-0.2, -0.15) is 0 Å². The molecule has 5 heavy (non-hydrogen) atoms. The summed E-state index contributed by atoms with van der Waals surface area (Å²) >= 11 is 0. The summed E-state index contributed by atoms with van der Waals surface area (Å²) in [6.45, 7) is 0. The van der Waals surface area contributed by atoms with Crippen molar-refractivity contribution in [2.75, 3.05) is 0 Å². The van der Waals surface area contributed by atoms with Crippen molar-refractivity contribution < 1.29 is 0 Å². The van der Waals surface area contributed by atoms with Gasteiger partial charge in [-0.15, -0.1) is 5.73 Å². The Hall–Kier alpha value is -0.0462. The molecule has 0 rings (SSSR count). The van der Waals surface area contributed by atoms with Gasteiger partial charge in [0.05, 0.1) is 0 Å². The summed E-state index contributed by atoms with van der Waals surface area (Å²) in [7, 11) is 2.31. The SMILES string of the molecule is [SiH3]C=C=C[SiH3]. The van der Waals surface area contributed by atoms with Crippen LogP contribution in [0.1, 0.15) is 0 Å².